The minimum absolute atomic E-state index is 0.0397. The Morgan fingerprint density at radius 2 is 2.17 bits per heavy atom. The summed E-state index contributed by atoms with van der Waals surface area (Å²) in [4.78, 5) is 13.2. The van der Waals surface area contributed by atoms with Crippen LogP contribution in [0.2, 0.25) is 0 Å². The highest BCUT2D eigenvalue weighted by molar-refractivity contribution is 5.78. The van der Waals surface area contributed by atoms with Crippen molar-refractivity contribution < 1.29 is 18.0 Å². The van der Waals surface area contributed by atoms with E-state index in [0.717, 1.165) is 25.9 Å². The van der Waals surface area contributed by atoms with Crippen LogP contribution in [0.3, 0.4) is 0 Å². The molecule has 7 heteroatoms. The third-order valence-corrected chi connectivity index (χ3v) is 2.85. The largest absolute Gasteiger partial charge is 0.405 e. The number of piperidine rings is 1. The Labute approximate surface area is 105 Å². The SMILES string of the molecule is CCNC1CCCN(CC(=O)NCC(F)(F)F)C1. The van der Waals surface area contributed by atoms with E-state index in [1.54, 1.807) is 0 Å². The van der Waals surface area contributed by atoms with Crippen LogP contribution in [-0.2, 0) is 4.79 Å². The van der Waals surface area contributed by atoms with E-state index >= 15 is 0 Å². The van der Waals surface area contributed by atoms with Gasteiger partial charge in [-0.25, -0.2) is 0 Å². The number of nitrogens with one attached hydrogen (secondary N) is 2. The highest BCUT2D eigenvalue weighted by atomic mass is 19.4. The van der Waals surface area contributed by atoms with Crippen molar-refractivity contribution in [3.63, 3.8) is 0 Å². The van der Waals surface area contributed by atoms with Crippen LogP contribution in [0.25, 0.3) is 0 Å². The van der Waals surface area contributed by atoms with Crippen LogP contribution in [0, 0.1) is 0 Å². The summed E-state index contributed by atoms with van der Waals surface area (Å²) >= 11 is 0. The van der Waals surface area contributed by atoms with Gasteiger partial charge >= 0.3 is 6.18 Å². The lowest BCUT2D eigenvalue weighted by molar-refractivity contribution is -0.139. The van der Waals surface area contributed by atoms with Gasteiger partial charge in [0.2, 0.25) is 5.91 Å². The molecule has 0 aliphatic carbocycles. The zero-order valence-electron chi connectivity index (χ0n) is 10.5. The molecule has 1 fully saturated rings. The molecule has 106 valence electrons. The summed E-state index contributed by atoms with van der Waals surface area (Å²) in [5.74, 6) is -0.565. The number of hydrogen-bond donors (Lipinski definition) is 2. The number of likely N-dealkylation sites (tertiary alicyclic amines) is 1. The summed E-state index contributed by atoms with van der Waals surface area (Å²) in [7, 11) is 0. The molecule has 1 atom stereocenters. The van der Waals surface area contributed by atoms with Gasteiger partial charge in [-0.3, -0.25) is 9.69 Å². The lowest BCUT2D eigenvalue weighted by Gasteiger charge is -2.32. The minimum atomic E-state index is -4.34. The minimum Gasteiger partial charge on any atom is -0.346 e. The number of carbonyl (C=O) groups excluding carboxylic acids is 1. The first-order valence-corrected chi connectivity index (χ1v) is 6.20. The van der Waals surface area contributed by atoms with Gasteiger partial charge < -0.3 is 10.6 Å². The normalized spacial score (nSPS) is 21.9. The number of likely N-dealkylation sites (N-methyl/N-ethyl adjacent to an activating group) is 1. The maximum atomic E-state index is 11.9. The third-order valence-electron chi connectivity index (χ3n) is 2.85. The number of rotatable bonds is 5. The molecular formula is C11H20F3N3O. The first kappa shape index (κ1) is 15.2. The van der Waals surface area contributed by atoms with Crippen molar-refractivity contribution in [1.29, 1.82) is 0 Å². The molecule has 1 amide bonds. The van der Waals surface area contributed by atoms with Crippen molar-refractivity contribution in [1.82, 2.24) is 15.5 Å². The van der Waals surface area contributed by atoms with Gasteiger partial charge in [-0.1, -0.05) is 6.92 Å². The molecule has 0 spiro atoms. The standard InChI is InChI=1S/C11H20F3N3O/c1-2-15-9-4-3-5-17(6-9)7-10(18)16-8-11(12,13)14/h9,15H,2-8H2,1H3,(H,16,18). The van der Waals surface area contributed by atoms with E-state index in [-0.39, 0.29) is 6.54 Å². The molecule has 1 heterocycles. The fourth-order valence-corrected chi connectivity index (χ4v) is 2.11. The summed E-state index contributed by atoms with van der Waals surface area (Å²) in [6, 6.07) is 0.333. The van der Waals surface area contributed by atoms with Gasteiger partial charge in [-0.2, -0.15) is 13.2 Å². The molecule has 1 rings (SSSR count). The number of halogens is 3. The van der Waals surface area contributed by atoms with Crippen LogP contribution in [0.15, 0.2) is 0 Å². The first-order chi connectivity index (χ1) is 8.40. The van der Waals surface area contributed by atoms with E-state index in [1.807, 2.05) is 17.1 Å². The van der Waals surface area contributed by atoms with Gasteiger partial charge in [0, 0.05) is 12.6 Å². The number of hydrogen-bond acceptors (Lipinski definition) is 3. The number of alkyl halides is 3. The van der Waals surface area contributed by atoms with Crippen LogP contribution >= 0.6 is 0 Å². The molecule has 2 N–H and O–H groups in total. The van der Waals surface area contributed by atoms with Crippen LogP contribution in [0.5, 0.6) is 0 Å². The molecule has 1 aliphatic heterocycles. The van der Waals surface area contributed by atoms with Gasteiger partial charge in [0.05, 0.1) is 6.54 Å². The zero-order chi connectivity index (χ0) is 13.6. The van der Waals surface area contributed by atoms with E-state index in [0.29, 0.717) is 12.6 Å². The van der Waals surface area contributed by atoms with Crippen molar-refractivity contribution in [3.05, 3.63) is 0 Å². The van der Waals surface area contributed by atoms with Gasteiger partial charge in [0.25, 0.3) is 0 Å². The molecule has 4 nitrogen and oxygen atoms in total. The van der Waals surface area contributed by atoms with Crippen LogP contribution < -0.4 is 10.6 Å². The maximum Gasteiger partial charge on any atom is 0.405 e. The van der Waals surface area contributed by atoms with Crippen molar-refractivity contribution >= 4 is 5.91 Å². The van der Waals surface area contributed by atoms with Gasteiger partial charge in [-0.15, -0.1) is 0 Å². The number of nitrogens with zero attached hydrogens (tertiary/aromatic N) is 1. The second-order valence-electron chi connectivity index (χ2n) is 4.52. The molecule has 0 aromatic carbocycles. The quantitative estimate of drug-likeness (QED) is 0.772. The van der Waals surface area contributed by atoms with E-state index in [9.17, 15) is 18.0 Å². The monoisotopic (exact) mass is 267 g/mol. The maximum absolute atomic E-state index is 11.9. The first-order valence-electron chi connectivity index (χ1n) is 6.20. The van der Waals surface area contributed by atoms with E-state index < -0.39 is 18.6 Å². The Hall–Kier alpha value is -0.820. The molecule has 0 aromatic heterocycles. The molecular weight excluding hydrogens is 247 g/mol. The van der Waals surface area contributed by atoms with Gasteiger partial charge in [0.1, 0.15) is 6.54 Å². The van der Waals surface area contributed by atoms with Crippen molar-refractivity contribution in [2.75, 3.05) is 32.7 Å². The second-order valence-corrected chi connectivity index (χ2v) is 4.52. The summed E-state index contributed by atoms with van der Waals surface area (Å²) in [5.41, 5.74) is 0. The molecule has 1 unspecified atom stereocenters. The lowest BCUT2D eigenvalue weighted by atomic mass is 10.1. The Kier molecular flexibility index (Phi) is 5.87. The van der Waals surface area contributed by atoms with Crippen molar-refractivity contribution in [3.8, 4) is 0 Å². The predicted molar refractivity (Wildman–Crippen MR) is 62.2 cm³/mol. The van der Waals surface area contributed by atoms with E-state index in [4.69, 9.17) is 0 Å². The molecule has 0 bridgehead atoms. The van der Waals surface area contributed by atoms with Crippen molar-refractivity contribution in [2.45, 2.75) is 32.0 Å². The fourth-order valence-electron chi connectivity index (χ4n) is 2.11. The fraction of sp³-hybridized carbons (Fsp3) is 0.909. The zero-order valence-corrected chi connectivity index (χ0v) is 10.5. The average molecular weight is 267 g/mol. The van der Waals surface area contributed by atoms with Crippen LogP contribution in [0.4, 0.5) is 13.2 Å². The average Bonchev–Trinajstić information content (AvgIpc) is 2.26. The smallest absolute Gasteiger partial charge is 0.346 e. The molecule has 1 aliphatic rings. The molecule has 1 saturated heterocycles. The van der Waals surface area contributed by atoms with Gasteiger partial charge in [-0.05, 0) is 25.9 Å². The Morgan fingerprint density at radius 1 is 1.44 bits per heavy atom. The van der Waals surface area contributed by atoms with Crippen molar-refractivity contribution in [2.24, 2.45) is 0 Å². The summed E-state index contributed by atoms with van der Waals surface area (Å²) < 4.78 is 35.8. The van der Waals surface area contributed by atoms with E-state index in [2.05, 4.69) is 5.32 Å². The topological polar surface area (TPSA) is 44.4 Å². The summed E-state index contributed by atoms with van der Waals surface area (Å²) in [6.07, 6.45) is -2.33. The summed E-state index contributed by atoms with van der Waals surface area (Å²) in [6.45, 7) is 3.14. The number of carbonyl (C=O) groups is 1. The Morgan fingerprint density at radius 3 is 2.78 bits per heavy atom. The van der Waals surface area contributed by atoms with Crippen LogP contribution in [0.1, 0.15) is 19.8 Å². The van der Waals surface area contributed by atoms with Gasteiger partial charge in [0.15, 0.2) is 0 Å². The number of amides is 1. The Bertz CT molecular complexity index is 269. The predicted octanol–water partition coefficient (Wildman–Crippen LogP) is 0.739. The highest BCUT2D eigenvalue weighted by Crippen LogP contribution is 2.12. The highest BCUT2D eigenvalue weighted by Gasteiger charge is 2.28. The second kappa shape index (κ2) is 6.94. The third kappa shape index (κ3) is 6.20. The van der Waals surface area contributed by atoms with Crippen LogP contribution in [-0.4, -0.2) is 55.7 Å². The van der Waals surface area contributed by atoms with E-state index in [1.165, 1.54) is 0 Å². The lowest BCUT2D eigenvalue weighted by Crippen LogP contribution is -2.49. The summed E-state index contributed by atoms with van der Waals surface area (Å²) in [5, 5.41) is 5.18. The molecule has 0 radical (unpaired) electrons. The molecule has 0 saturated carbocycles. The molecule has 18 heavy (non-hydrogen) atoms. The Balaban J connectivity index is 2.26. The molecule has 0 aromatic rings.